The first-order valence-electron chi connectivity index (χ1n) is 5.72. The standard InChI is InChI=1S/C12H21NO/c1-3-4-5-6-7-11-9-8-10(2)13-12(11)14/h11H,2-9H2,1H3,(H,13,14). The van der Waals surface area contributed by atoms with Gasteiger partial charge < -0.3 is 5.32 Å². The summed E-state index contributed by atoms with van der Waals surface area (Å²) in [5.74, 6) is 0.440. The molecule has 0 aromatic heterocycles. The Morgan fingerprint density at radius 2 is 2.21 bits per heavy atom. The van der Waals surface area contributed by atoms with Gasteiger partial charge >= 0.3 is 0 Å². The van der Waals surface area contributed by atoms with Gasteiger partial charge in [0.2, 0.25) is 5.91 Å². The molecule has 2 nitrogen and oxygen atoms in total. The van der Waals surface area contributed by atoms with E-state index >= 15 is 0 Å². The first kappa shape index (κ1) is 11.3. The van der Waals surface area contributed by atoms with Gasteiger partial charge in [0.15, 0.2) is 0 Å². The molecule has 2 heteroatoms. The molecule has 1 N–H and O–H groups in total. The first-order valence-corrected chi connectivity index (χ1v) is 5.72. The third kappa shape index (κ3) is 3.52. The van der Waals surface area contributed by atoms with Gasteiger partial charge in [-0.2, -0.15) is 0 Å². The normalized spacial score (nSPS) is 22.2. The molecule has 80 valence electrons. The predicted molar refractivity (Wildman–Crippen MR) is 58.8 cm³/mol. The molecule has 0 aromatic carbocycles. The minimum atomic E-state index is 0.192. The second-order valence-corrected chi connectivity index (χ2v) is 4.18. The lowest BCUT2D eigenvalue weighted by Crippen LogP contribution is -2.34. The van der Waals surface area contributed by atoms with Crippen molar-refractivity contribution in [1.82, 2.24) is 5.32 Å². The van der Waals surface area contributed by atoms with Crippen LogP contribution in [-0.2, 0) is 4.79 Å². The van der Waals surface area contributed by atoms with Gasteiger partial charge in [-0.25, -0.2) is 0 Å². The van der Waals surface area contributed by atoms with Crippen LogP contribution < -0.4 is 5.32 Å². The average molecular weight is 195 g/mol. The van der Waals surface area contributed by atoms with Gasteiger partial charge in [-0.05, 0) is 19.3 Å². The van der Waals surface area contributed by atoms with Crippen LogP contribution in [0.2, 0.25) is 0 Å². The molecule has 1 aliphatic rings. The Kier molecular flexibility index (Phi) is 4.71. The molecule has 0 bridgehead atoms. The molecule has 0 aromatic rings. The van der Waals surface area contributed by atoms with Crippen molar-refractivity contribution >= 4 is 5.91 Å². The van der Waals surface area contributed by atoms with Crippen LogP contribution in [0.15, 0.2) is 12.3 Å². The van der Waals surface area contributed by atoms with Gasteiger partial charge in [0.25, 0.3) is 0 Å². The number of amides is 1. The molecule has 1 atom stereocenters. The Bertz CT molecular complexity index is 210. The number of unbranched alkanes of at least 4 members (excludes halogenated alkanes) is 3. The smallest absolute Gasteiger partial charge is 0.227 e. The Morgan fingerprint density at radius 1 is 1.43 bits per heavy atom. The number of piperidine rings is 1. The molecule has 0 saturated carbocycles. The molecule has 0 radical (unpaired) electrons. The summed E-state index contributed by atoms with van der Waals surface area (Å²) in [6.07, 6.45) is 8.02. The Labute approximate surface area is 86.8 Å². The van der Waals surface area contributed by atoms with Crippen molar-refractivity contribution in [3.8, 4) is 0 Å². The second kappa shape index (κ2) is 5.84. The molecule has 1 heterocycles. The molecule has 14 heavy (non-hydrogen) atoms. The largest absolute Gasteiger partial charge is 0.330 e. The van der Waals surface area contributed by atoms with Crippen molar-refractivity contribution in [3.63, 3.8) is 0 Å². The van der Waals surface area contributed by atoms with Gasteiger partial charge in [0.1, 0.15) is 0 Å². The van der Waals surface area contributed by atoms with Crippen molar-refractivity contribution in [2.45, 2.75) is 51.9 Å². The quantitative estimate of drug-likeness (QED) is 0.671. The van der Waals surface area contributed by atoms with Crippen LogP contribution in [0.25, 0.3) is 0 Å². The van der Waals surface area contributed by atoms with Crippen molar-refractivity contribution in [2.24, 2.45) is 5.92 Å². The predicted octanol–water partition coefficient (Wildman–Crippen LogP) is 3.00. The van der Waals surface area contributed by atoms with E-state index in [4.69, 9.17) is 0 Å². The van der Waals surface area contributed by atoms with E-state index < -0.39 is 0 Å². The highest BCUT2D eigenvalue weighted by Gasteiger charge is 2.22. The maximum Gasteiger partial charge on any atom is 0.227 e. The van der Waals surface area contributed by atoms with Crippen LogP contribution in [0.3, 0.4) is 0 Å². The number of carbonyl (C=O) groups is 1. The van der Waals surface area contributed by atoms with E-state index in [1.807, 2.05) is 0 Å². The number of rotatable bonds is 5. The fraction of sp³-hybridized carbons (Fsp3) is 0.750. The molecule has 1 unspecified atom stereocenters. The Balaban J connectivity index is 2.17. The van der Waals surface area contributed by atoms with Crippen LogP contribution in [0.5, 0.6) is 0 Å². The second-order valence-electron chi connectivity index (χ2n) is 4.18. The van der Waals surface area contributed by atoms with E-state index in [2.05, 4.69) is 18.8 Å². The molecular formula is C12H21NO. The van der Waals surface area contributed by atoms with Gasteiger partial charge in [0, 0.05) is 11.6 Å². The zero-order valence-corrected chi connectivity index (χ0v) is 9.14. The lowest BCUT2D eigenvalue weighted by Gasteiger charge is -2.23. The zero-order valence-electron chi connectivity index (χ0n) is 9.14. The number of hydrogen-bond donors (Lipinski definition) is 1. The number of carbonyl (C=O) groups excluding carboxylic acids is 1. The van der Waals surface area contributed by atoms with E-state index in [0.717, 1.165) is 25.0 Å². The third-order valence-electron chi connectivity index (χ3n) is 2.87. The molecule has 1 saturated heterocycles. The van der Waals surface area contributed by atoms with Gasteiger partial charge in [-0.15, -0.1) is 0 Å². The maximum atomic E-state index is 11.5. The molecular weight excluding hydrogens is 174 g/mol. The molecule has 1 aliphatic heterocycles. The lowest BCUT2D eigenvalue weighted by molar-refractivity contribution is -0.125. The summed E-state index contributed by atoms with van der Waals surface area (Å²) < 4.78 is 0. The molecule has 1 amide bonds. The van der Waals surface area contributed by atoms with E-state index in [1.165, 1.54) is 25.7 Å². The lowest BCUT2D eigenvalue weighted by atomic mass is 9.91. The number of hydrogen-bond acceptors (Lipinski definition) is 1. The van der Waals surface area contributed by atoms with Crippen molar-refractivity contribution in [1.29, 1.82) is 0 Å². The monoisotopic (exact) mass is 195 g/mol. The van der Waals surface area contributed by atoms with Crippen molar-refractivity contribution in [3.05, 3.63) is 12.3 Å². The van der Waals surface area contributed by atoms with Crippen LogP contribution >= 0.6 is 0 Å². The summed E-state index contributed by atoms with van der Waals surface area (Å²) in [6.45, 7) is 5.98. The van der Waals surface area contributed by atoms with E-state index in [0.29, 0.717) is 0 Å². The highest BCUT2D eigenvalue weighted by atomic mass is 16.1. The summed E-state index contributed by atoms with van der Waals surface area (Å²) in [5, 5.41) is 2.84. The minimum Gasteiger partial charge on any atom is -0.330 e. The minimum absolute atomic E-state index is 0.192. The molecule has 1 fully saturated rings. The van der Waals surface area contributed by atoms with Crippen LogP contribution in [0.1, 0.15) is 51.9 Å². The summed E-state index contributed by atoms with van der Waals surface area (Å²) in [4.78, 5) is 11.5. The van der Waals surface area contributed by atoms with Gasteiger partial charge in [0.05, 0.1) is 0 Å². The summed E-state index contributed by atoms with van der Waals surface area (Å²) in [7, 11) is 0. The van der Waals surface area contributed by atoms with Crippen molar-refractivity contribution < 1.29 is 4.79 Å². The maximum absolute atomic E-state index is 11.5. The van der Waals surface area contributed by atoms with E-state index in [-0.39, 0.29) is 11.8 Å². The third-order valence-corrected chi connectivity index (χ3v) is 2.87. The summed E-state index contributed by atoms with van der Waals surface area (Å²) >= 11 is 0. The first-order chi connectivity index (χ1) is 6.74. The molecule has 0 aliphatic carbocycles. The number of nitrogens with one attached hydrogen (secondary N) is 1. The number of allylic oxidation sites excluding steroid dienone is 1. The Morgan fingerprint density at radius 3 is 2.86 bits per heavy atom. The molecule has 0 spiro atoms. The summed E-state index contributed by atoms with van der Waals surface area (Å²) in [6, 6.07) is 0. The fourth-order valence-corrected chi connectivity index (χ4v) is 1.91. The van der Waals surface area contributed by atoms with Gasteiger partial charge in [-0.1, -0.05) is 39.2 Å². The van der Waals surface area contributed by atoms with E-state index in [9.17, 15) is 4.79 Å². The average Bonchev–Trinajstić information content (AvgIpc) is 2.15. The van der Waals surface area contributed by atoms with Crippen LogP contribution in [0, 0.1) is 5.92 Å². The van der Waals surface area contributed by atoms with Crippen LogP contribution in [-0.4, -0.2) is 5.91 Å². The highest BCUT2D eigenvalue weighted by Crippen LogP contribution is 2.22. The van der Waals surface area contributed by atoms with Crippen molar-refractivity contribution in [2.75, 3.05) is 0 Å². The summed E-state index contributed by atoms with van der Waals surface area (Å²) in [5.41, 5.74) is 0.889. The topological polar surface area (TPSA) is 29.1 Å². The highest BCUT2D eigenvalue weighted by molar-refractivity contribution is 5.81. The zero-order chi connectivity index (χ0) is 10.4. The fourth-order valence-electron chi connectivity index (χ4n) is 1.91. The van der Waals surface area contributed by atoms with Gasteiger partial charge in [-0.3, -0.25) is 4.79 Å². The SMILES string of the molecule is C=C1CCC(CCCCCC)C(=O)N1. The van der Waals surface area contributed by atoms with E-state index in [1.54, 1.807) is 0 Å². The van der Waals surface area contributed by atoms with Crippen LogP contribution in [0.4, 0.5) is 0 Å². The molecule has 1 rings (SSSR count). The Hall–Kier alpha value is -0.790.